The number of rotatable bonds is 3. The lowest BCUT2D eigenvalue weighted by Crippen LogP contribution is -1.98. The topological polar surface area (TPSA) is 12.0 Å². The number of anilines is 1. The second-order valence-corrected chi connectivity index (χ2v) is 3.65. The SMILES string of the molecule is CC.CNc1ccc(CC(C)C)c(F)c1. The third-order valence-electron chi connectivity index (χ3n) is 1.97. The van der Waals surface area contributed by atoms with Crippen molar-refractivity contribution < 1.29 is 4.39 Å². The van der Waals surface area contributed by atoms with Gasteiger partial charge in [-0.05, 0) is 30.0 Å². The summed E-state index contributed by atoms with van der Waals surface area (Å²) >= 11 is 0. The predicted molar refractivity (Wildman–Crippen MR) is 65.8 cm³/mol. The van der Waals surface area contributed by atoms with Gasteiger partial charge in [0.2, 0.25) is 0 Å². The van der Waals surface area contributed by atoms with Crippen LogP contribution in [0.2, 0.25) is 0 Å². The average Bonchev–Trinajstić information content (AvgIpc) is 2.23. The molecule has 0 radical (unpaired) electrons. The highest BCUT2D eigenvalue weighted by atomic mass is 19.1. The largest absolute Gasteiger partial charge is 0.388 e. The van der Waals surface area contributed by atoms with Gasteiger partial charge >= 0.3 is 0 Å². The van der Waals surface area contributed by atoms with Crippen molar-refractivity contribution in [2.45, 2.75) is 34.1 Å². The summed E-state index contributed by atoms with van der Waals surface area (Å²) in [5.74, 6) is 0.385. The van der Waals surface area contributed by atoms with Gasteiger partial charge in [0.15, 0.2) is 0 Å². The molecule has 0 bridgehead atoms. The zero-order chi connectivity index (χ0) is 11.8. The first-order chi connectivity index (χ1) is 7.13. The molecule has 1 rings (SSSR count). The fourth-order valence-corrected chi connectivity index (χ4v) is 1.31. The smallest absolute Gasteiger partial charge is 0.128 e. The Hall–Kier alpha value is -1.05. The van der Waals surface area contributed by atoms with Crippen molar-refractivity contribution in [3.05, 3.63) is 29.6 Å². The first-order valence-corrected chi connectivity index (χ1v) is 5.59. The lowest BCUT2D eigenvalue weighted by atomic mass is 10.0. The summed E-state index contributed by atoms with van der Waals surface area (Å²) in [6.07, 6.45) is 0.801. The highest BCUT2D eigenvalue weighted by molar-refractivity contribution is 5.44. The van der Waals surface area contributed by atoms with Gasteiger partial charge in [0.1, 0.15) is 5.82 Å². The van der Waals surface area contributed by atoms with Crippen LogP contribution < -0.4 is 5.32 Å². The summed E-state index contributed by atoms with van der Waals surface area (Å²) in [4.78, 5) is 0. The van der Waals surface area contributed by atoms with E-state index in [2.05, 4.69) is 19.2 Å². The number of benzene rings is 1. The molecule has 0 amide bonds. The predicted octanol–water partition coefficient (Wildman–Crippen LogP) is 4.09. The van der Waals surface area contributed by atoms with Gasteiger partial charge < -0.3 is 5.32 Å². The first-order valence-electron chi connectivity index (χ1n) is 5.59. The number of nitrogens with one attached hydrogen (secondary N) is 1. The van der Waals surface area contributed by atoms with E-state index in [1.807, 2.05) is 26.0 Å². The lowest BCUT2D eigenvalue weighted by molar-refractivity contribution is 0.574. The molecule has 15 heavy (non-hydrogen) atoms. The van der Waals surface area contributed by atoms with Crippen molar-refractivity contribution in [3.63, 3.8) is 0 Å². The Balaban J connectivity index is 0.000000921. The average molecular weight is 211 g/mol. The molecule has 2 heteroatoms. The Morgan fingerprint density at radius 3 is 2.27 bits per heavy atom. The first kappa shape index (κ1) is 13.9. The van der Waals surface area contributed by atoms with Crippen LogP contribution in [0.3, 0.4) is 0 Å². The molecule has 0 spiro atoms. The molecule has 0 saturated carbocycles. The molecule has 0 aliphatic carbocycles. The van der Waals surface area contributed by atoms with Crippen LogP contribution in [0.25, 0.3) is 0 Å². The van der Waals surface area contributed by atoms with Crippen molar-refractivity contribution in [3.8, 4) is 0 Å². The Morgan fingerprint density at radius 2 is 1.87 bits per heavy atom. The molecule has 0 unspecified atom stereocenters. The maximum atomic E-state index is 13.4. The molecule has 0 aliphatic heterocycles. The van der Waals surface area contributed by atoms with Crippen LogP contribution in [-0.4, -0.2) is 7.05 Å². The molecule has 1 N–H and O–H groups in total. The van der Waals surface area contributed by atoms with E-state index in [0.717, 1.165) is 17.7 Å². The summed E-state index contributed by atoms with van der Waals surface area (Å²) in [7, 11) is 1.79. The molecule has 0 atom stereocenters. The van der Waals surface area contributed by atoms with E-state index in [4.69, 9.17) is 0 Å². The summed E-state index contributed by atoms with van der Waals surface area (Å²) in [5, 5.41) is 2.91. The van der Waals surface area contributed by atoms with E-state index in [9.17, 15) is 4.39 Å². The molecule has 1 nitrogen and oxygen atoms in total. The maximum Gasteiger partial charge on any atom is 0.128 e. The van der Waals surface area contributed by atoms with E-state index < -0.39 is 0 Å². The second-order valence-electron chi connectivity index (χ2n) is 3.65. The van der Waals surface area contributed by atoms with Gasteiger partial charge in [0.25, 0.3) is 0 Å². The van der Waals surface area contributed by atoms with Gasteiger partial charge in [-0.25, -0.2) is 4.39 Å². The normalized spacial score (nSPS) is 9.53. The lowest BCUT2D eigenvalue weighted by Gasteiger charge is -2.07. The monoisotopic (exact) mass is 211 g/mol. The van der Waals surface area contributed by atoms with Crippen molar-refractivity contribution in [1.82, 2.24) is 0 Å². The van der Waals surface area contributed by atoms with E-state index in [1.165, 1.54) is 6.07 Å². The molecular weight excluding hydrogens is 189 g/mol. The third kappa shape index (κ3) is 4.82. The van der Waals surface area contributed by atoms with E-state index >= 15 is 0 Å². The van der Waals surface area contributed by atoms with E-state index in [-0.39, 0.29) is 5.82 Å². The maximum absolute atomic E-state index is 13.4. The number of hydrogen-bond acceptors (Lipinski definition) is 1. The molecule has 1 aromatic carbocycles. The summed E-state index contributed by atoms with van der Waals surface area (Å²) in [6.45, 7) is 8.18. The molecule has 1 aromatic rings. The van der Waals surface area contributed by atoms with Gasteiger partial charge in [-0.3, -0.25) is 0 Å². The second kappa shape index (κ2) is 7.27. The summed E-state index contributed by atoms with van der Waals surface area (Å²) in [5.41, 5.74) is 1.62. The summed E-state index contributed by atoms with van der Waals surface area (Å²) in [6, 6.07) is 5.29. The van der Waals surface area contributed by atoms with Gasteiger partial charge in [0, 0.05) is 12.7 Å². The quantitative estimate of drug-likeness (QED) is 0.794. The number of halogens is 1. The zero-order valence-corrected chi connectivity index (χ0v) is 10.4. The van der Waals surface area contributed by atoms with Gasteiger partial charge in [0.05, 0.1) is 0 Å². The van der Waals surface area contributed by atoms with Crippen LogP contribution in [0.4, 0.5) is 10.1 Å². The molecule has 0 heterocycles. The zero-order valence-electron chi connectivity index (χ0n) is 10.4. The summed E-state index contributed by atoms with van der Waals surface area (Å²) < 4.78 is 13.4. The number of hydrogen-bond donors (Lipinski definition) is 1. The van der Waals surface area contributed by atoms with E-state index in [1.54, 1.807) is 7.05 Å². The van der Waals surface area contributed by atoms with Gasteiger partial charge in [-0.2, -0.15) is 0 Å². The fraction of sp³-hybridized carbons (Fsp3) is 0.538. The van der Waals surface area contributed by atoms with E-state index in [0.29, 0.717) is 5.92 Å². The molecule has 0 aliphatic rings. The standard InChI is InChI=1S/C11H16FN.C2H6/c1-8(2)6-9-4-5-10(13-3)7-11(9)12;1-2/h4-5,7-8,13H,6H2,1-3H3;1-2H3. The van der Waals surface area contributed by atoms with Crippen molar-refractivity contribution in [2.75, 3.05) is 12.4 Å². The third-order valence-corrected chi connectivity index (χ3v) is 1.97. The van der Waals surface area contributed by atoms with Gasteiger partial charge in [-0.1, -0.05) is 33.8 Å². The minimum absolute atomic E-state index is 0.111. The van der Waals surface area contributed by atoms with Crippen LogP contribution in [0.1, 0.15) is 33.3 Å². The van der Waals surface area contributed by atoms with Crippen LogP contribution in [0.15, 0.2) is 18.2 Å². The Kier molecular flexibility index (Phi) is 6.76. The Labute approximate surface area is 92.7 Å². The minimum Gasteiger partial charge on any atom is -0.388 e. The van der Waals surface area contributed by atoms with Gasteiger partial charge in [-0.15, -0.1) is 0 Å². The fourth-order valence-electron chi connectivity index (χ4n) is 1.31. The molecule has 0 aromatic heterocycles. The molecule has 0 fully saturated rings. The Morgan fingerprint density at radius 1 is 1.27 bits per heavy atom. The minimum atomic E-state index is -0.111. The molecule has 86 valence electrons. The molecular formula is C13H22FN. The highest BCUT2D eigenvalue weighted by Gasteiger charge is 2.04. The van der Waals surface area contributed by atoms with Crippen LogP contribution in [-0.2, 0) is 6.42 Å². The Bertz CT molecular complexity index is 282. The van der Waals surface area contributed by atoms with Crippen molar-refractivity contribution in [1.29, 1.82) is 0 Å². The van der Waals surface area contributed by atoms with Crippen molar-refractivity contribution in [2.24, 2.45) is 5.92 Å². The molecule has 0 saturated heterocycles. The van der Waals surface area contributed by atoms with Crippen LogP contribution in [0, 0.1) is 11.7 Å². The van der Waals surface area contributed by atoms with Crippen LogP contribution >= 0.6 is 0 Å². The highest BCUT2D eigenvalue weighted by Crippen LogP contribution is 2.16. The van der Waals surface area contributed by atoms with Crippen molar-refractivity contribution >= 4 is 5.69 Å². The van der Waals surface area contributed by atoms with Crippen LogP contribution in [0.5, 0.6) is 0 Å².